The van der Waals surface area contributed by atoms with Gasteiger partial charge >= 0.3 is 0 Å². The minimum Gasteiger partial charge on any atom is -0.279 e. The molecule has 0 amide bonds. The average Bonchev–Trinajstić information content (AvgIpc) is 2.38. The van der Waals surface area contributed by atoms with Crippen LogP contribution in [0.25, 0.3) is 0 Å². The van der Waals surface area contributed by atoms with Crippen molar-refractivity contribution in [2.45, 2.75) is 18.7 Å². The second kappa shape index (κ2) is 5.76. The molecule has 2 aromatic rings. The molecule has 20 heavy (non-hydrogen) atoms. The lowest BCUT2D eigenvalue weighted by atomic mass is 10.2. The van der Waals surface area contributed by atoms with E-state index in [2.05, 4.69) is 20.7 Å². The molecule has 0 spiro atoms. The van der Waals surface area contributed by atoms with Gasteiger partial charge in [0.1, 0.15) is 0 Å². The highest BCUT2D eigenvalue weighted by Crippen LogP contribution is 2.26. The Bertz CT molecular complexity index is 760. The van der Waals surface area contributed by atoms with Crippen LogP contribution in [0.4, 0.5) is 5.69 Å². The van der Waals surface area contributed by atoms with E-state index in [0.29, 0.717) is 16.3 Å². The van der Waals surface area contributed by atoms with Gasteiger partial charge in [-0.05, 0) is 55.3 Å². The Morgan fingerprint density at radius 1 is 1.15 bits per heavy atom. The highest BCUT2D eigenvalue weighted by Gasteiger charge is 2.16. The molecular formula is C14H13BrClNO2S. The zero-order valence-electron chi connectivity index (χ0n) is 10.9. The Hall–Kier alpha value is -1.04. The molecule has 0 heterocycles. The van der Waals surface area contributed by atoms with Crippen molar-refractivity contribution in [2.24, 2.45) is 0 Å². The number of nitrogens with one attached hydrogen (secondary N) is 1. The van der Waals surface area contributed by atoms with E-state index in [1.807, 2.05) is 6.92 Å². The number of halogens is 2. The molecule has 106 valence electrons. The fourth-order valence-corrected chi connectivity index (χ4v) is 3.33. The molecule has 0 saturated heterocycles. The molecule has 2 aromatic carbocycles. The Labute approximate surface area is 132 Å². The summed E-state index contributed by atoms with van der Waals surface area (Å²) in [6, 6.07) is 10.0. The highest BCUT2D eigenvalue weighted by atomic mass is 79.9. The summed E-state index contributed by atoms with van der Waals surface area (Å²) in [6.07, 6.45) is 0. The van der Waals surface area contributed by atoms with Crippen molar-refractivity contribution in [3.63, 3.8) is 0 Å². The largest absolute Gasteiger partial charge is 0.279 e. The lowest BCUT2D eigenvalue weighted by molar-refractivity contribution is 0.601. The van der Waals surface area contributed by atoms with Gasteiger partial charge in [0, 0.05) is 9.50 Å². The number of hydrogen-bond donors (Lipinski definition) is 1. The number of aryl methyl sites for hydroxylation is 1. The van der Waals surface area contributed by atoms with Crippen molar-refractivity contribution in [1.82, 2.24) is 0 Å². The molecule has 2 rings (SSSR count). The van der Waals surface area contributed by atoms with Gasteiger partial charge in [-0.3, -0.25) is 4.72 Å². The first-order valence-corrected chi connectivity index (χ1v) is 8.51. The topological polar surface area (TPSA) is 46.2 Å². The van der Waals surface area contributed by atoms with Gasteiger partial charge in [0.15, 0.2) is 0 Å². The van der Waals surface area contributed by atoms with Crippen LogP contribution in [0.3, 0.4) is 0 Å². The fourth-order valence-electron chi connectivity index (χ4n) is 1.71. The van der Waals surface area contributed by atoms with Crippen molar-refractivity contribution < 1.29 is 8.42 Å². The van der Waals surface area contributed by atoms with E-state index < -0.39 is 10.0 Å². The maximum absolute atomic E-state index is 12.4. The summed E-state index contributed by atoms with van der Waals surface area (Å²) >= 11 is 9.35. The second-order valence-corrected chi connectivity index (χ2v) is 7.37. The molecule has 0 aliphatic heterocycles. The standard InChI is InChI=1S/C14H13BrClNO2S/c1-9-8-11(6-7-12(9)15)20(18,19)17-14-5-3-4-13(16)10(14)2/h3-8,17H,1-2H3. The second-order valence-electron chi connectivity index (χ2n) is 4.43. The first-order valence-electron chi connectivity index (χ1n) is 5.85. The molecule has 0 saturated carbocycles. The van der Waals surface area contributed by atoms with Crippen molar-refractivity contribution in [3.05, 3.63) is 57.0 Å². The molecule has 0 aromatic heterocycles. The molecule has 0 aliphatic carbocycles. The summed E-state index contributed by atoms with van der Waals surface area (Å²) in [5.74, 6) is 0. The van der Waals surface area contributed by atoms with Crippen LogP contribution >= 0.6 is 27.5 Å². The number of hydrogen-bond acceptors (Lipinski definition) is 2. The number of sulfonamides is 1. The van der Waals surface area contributed by atoms with Crippen molar-refractivity contribution >= 4 is 43.2 Å². The number of rotatable bonds is 3. The van der Waals surface area contributed by atoms with E-state index in [0.717, 1.165) is 10.0 Å². The fraction of sp³-hybridized carbons (Fsp3) is 0.143. The van der Waals surface area contributed by atoms with E-state index >= 15 is 0 Å². The van der Waals surface area contributed by atoms with E-state index in [9.17, 15) is 8.42 Å². The average molecular weight is 375 g/mol. The molecule has 0 bridgehead atoms. The molecule has 3 nitrogen and oxygen atoms in total. The van der Waals surface area contributed by atoms with Gasteiger partial charge in [-0.15, -0.1) is 0 Å². The lowest BCUT2D eigenvalue weighted by Crippen LogP contribution is -2.14. The number of benzene rings is 2. The highest BCUT2D eigenvalue weighted by molar-refractivity contribution is 9.10. The maximum atomic E-state index is 12.4. The normalized spacial score (nSPS) is 11.4. The molecule has 6 heteroatoms. The third-order valence-corrected chi connectivity index (χ3v) is 5.61. The maximum Gasteiger partial charge on any atom is 0.261 e. The van der Waals surface area contributed by atoms with Gasteiger partial charge in [0.25, 0.3) is 10.0 Å². The van der Waals surface area contributed by atoms with E-state index in [1.54, 1.807) is 43.3 Å². The van der Waals surface area contributed by atoms with Crippen LogP contribution in [0, 0.1) is 13.8 Å². The van der Waals surface area contributed by atoms with Crippen LogP contribution < -0.4 is 4.72 Å². The van der Waals surface area contributed by atoms with Crippen molar-refractivity contribution in [1.29, 1.82) is 0 Å². The van der Waals surface area contributed by atoms with Gasteiger partial charge in [-0.25, -0.2) is 8.42 Å². The summed E-state index contributed by atoms with van der Waals surface area (Å²) in [5, 5.41) is 0.525. The van der Waals surface area contributed by atoms with E-state index in [-0.39, 0.29) is 4.90 Å². The van der Waals surface area contributed by atoms with Crippen LogP contribution in [0.15, 0.2) is 45.8 Å². The molecule has 1 N–H and O–H groups in total. The summed E-state index contributed by atoms with van der Waals surface area (Å²) in [5.41, 5.74) is 2.04. The first kappa shape index (κ1) is 15.4. The van der Waals surface area contributed by atoms with Crippen LogP contribution in [0.1, 0.15) is 11.1 Å². The minimum atomic E-state index is -3.62. The minimum absolute atomic E-state index is 0.220. The van der Waals surface area contributed by atoms with Gasteiger partial charge in [-0.1, -0.05) is 33.6 Å². The predicted molar refractivity (Wildman–Crippen MR) is 85.9 cm³/mol. The third-order valence-electron chi connectivity index (χ3n) is 2.95. The van der Waals surface area contributed by atoms with Gasteiger partial charge in [0.05, 0.1) is 10.6 Å². The summed E-state index contributed by atoms with van der Waals surface area (Å²) < 4.78 is 28.2. The van der Waals surface area contributed by atoms with Gasteiger partial charge in [0.2, 0.25) is 0 Å². The summed E-state index contributed by atoms with van der Waals surface area (Å²) in [7, 11) is -3.62. The molecule has 0 aliphatic rings. The predicted octanol–water partition coefficient (Wildman–Crippen LogP) is 4.52. The third kappa shape index (κ3) is 3.16. The van der Waals surface area contributed by atoms with Crippen molar-refractivity contribution in [3.8, 4) is 0 Å². The van der Waals surface area contributed by atoms with Crippen LogP contribution in [0.2, 0.25) is 5.02 Å². The Morgan fingerprint density at radius 2 is 1.85 bits per heavy atom. The Kier molecular flexibility index (Phi) is 4.42. The first-order chi connectivity index (χ1) is 9.31. The molecule has 0 unspecified atom stereocenters. The Morgan fingerprint density at radius 3 is 2.50 bits per heavy atom. The molecular weight excluding hydrogens is 362 g/mol. The molecule has 0 atom stereocenters. The monoisotopic (exact) mass is 373 g/mol. The Balaban J connectivity index is 2.41. The SMILES string of the molecule is Cc1cc(S(=O)(=O)Nc2cccc(Cl)c2C)ccc1Br. The summed E-state index contributed by atoms with van der Waals surface area (Å²) in [6.45, 7) is 3.61. The van der Waals surface area contributed by atoms with Gasteiger partial charge in [-0.2, -0.15) is 0 Å². The van der Waals surface area contributed by atoms with Gasteiger partial charge < -0.3 is 0 Å². The molecule has 0 fully saturated rings. The van der Waals surface area contributed by atoms with E-state index in [1.165, 1.54) is 0 Å². The lowest BCUT2D eigenvalue weighted by Gasteiger charge is -2.12. The quantitative estimate of drug-likeness (QED) is 0.858. The van der Waals surface area contributed by atoms with Crippen molar-refractivity contribution in [2.75, 3.05) is 4.72 Å². The zero-order valence-corrected chi connectivity index (χ0v) is 14.1. The van der Waals surface area contributed by atoms with Crippen LogP contribution in [0.5, 0.6) is 0 Å². The zero-order chi connectivity index (χ0) is 14.9. The van der Waals surface area contributed by atoms with E-state index in [4.69, 9.17) is 11.6 Å². The summed E-state index contributed by atoms with van der Waals surface area (Å²) in [4.78, 5) is 0.220. The van der Waals surface area contributed by atoms with Crippen LogP contribution in [-0.2, 0) is 10.0 Å². The smallest absolute Gasteiger partial charge is 0.261 e. The molecule has 0 radical (unpaired) electrons. The van der Waals surface area contributed by atoms with Crippen LogP contribution in [-0.4, -0.2) is 8.42 Å². The number of anilines is 1.